The minimum absolute atomic E-state index is 0.103. The quantitative estimate of drug-likeness (QED) is 0.878. The van der Waals surface area contributed by atoms with Crippen LogP contribution in [0.3, 0.4) is 0 Å². The number of likely N-dealkylation sites (N-methyl/N-ethyl adjacent to an activating group) is 1. The van der Waals surface area contributed by atoms with Crippen LogP contribution in [0, 0.1) is 11.6 Å². The monoisotopic (exact) mass is 279 g/mol. The molecule has 7 heteroatoms. The van der Waals surface area contributed by atoms with E-state index in [1.165, 1.54) is 14.0 Å². The molecule has 1 unspecified atom stereocenters. The fourth-order valence-corrected chi connectivity index (χ4v) is 2.77. The standard InChI is InChI=1S/C11H15F2NO3S/c1-8(6-15)14(2)18(16,17)7-9-3-4-10(12)5-11(9)13/h3-5,8,15H,6-7H2,1-2H3. The normalized spacial score (nSPS) is 13.9. The van der Waals surface area contributed by atoms with Gasteiger partial charge in [0.1, 0.15) is 11.6 Å². The SMILES string of the molecule is CC(CO)N(C)S(=O)(=O)Cc1ccc(F)cc1F. The van der Waals surface area contributed by atoms with E-state index >= 15 is 0 Å². The highest BCUT2D eigenvalue weighted by atomic mass is 32.2. The average Bonchev–Trinajstić information content (AvgIpc) is 2.30. The number of aliphatic hydroxyl groups is 1. The van der Waals surface area contributed by atoms with Crippen molar-refractivity contribution in [3.05, 3.63) is 35.4 Å². The van der Waals surface area contributed by atoms with E-state index in [9.17, 15) is 17.2 Å². The van der Waals surface area contributed by atoms with Crippen LogP contribution in [0.15, 0.2) is 18.2 Å². The lowest BCUT2D eigenvalue weighted by Crippen LogP contribution is -2.38. The fourth-order valence-electron chi connectivity index (χ4n) is 1.33. The molecule has 0 spiro atoms. The third-order valence-corrected chi connectivity index (χ3v) is 4.59. The molecule has 0 bridgehead atoms. The van der Waals surface area contributed by atoms with Gasteiger partial charge in [0.05, 0.1) is 12.4 Å². The minimum Gasteiger partial charge on any atom is -0.395 e. The summed E-state index contributed by atoms with van der Waals surface area (Å²) in [5.41, 5.74) is -0.103. The molecule has 4 nitrogen and oxygen atoms in total. The first-order valence-corrected chi connectivity index (χ1v) is 6.89. The molecule has 0 aliphatic carbocycles. The maximum absolute atomic E-state index is 13.4. The van der Waals surface area contributed by atoms with Gasteiger partial charge >= 0.3 is 0 Å². The lowest BCUT2D eigenvalue weighted by molar-refractivity contribution is 0.213. The second-order valence-electron chi connectivity index (χ2n) is 4.04. The van der Waals surface area contributed by atoms with Gasteiger partial charge in [0.15, 0.2) is 0 Å². The molecule has 0 aromatic heterocycles. The van der Waals surface area contributed by atoms with Crippen molar-refractivity contribution >= 4 is 10.0 Å². The first-order chi connectivity index (χ1) is 8.27. The van der Waals surface area contributed by atoms with Gasteiger partial charge in [-0.3, -0.25) is 0 Å². The van der Waals surface area contributed by atoms with Gasteiger partial charge in [-0.25, -0.2) is 17.2 Å². The summed E-state index contributed by atoms with van der Waals surface area (Å²) < 4.78 is 50.8. The van der Waals surface area contributed by atoms with Crippen LogP contribution in [0.5, 0.6) is 0 Å². The number of rotatable bonds is 5. The third-order valence-electron chi connectivity index (χ3n) is 2.68. The molecule has 1 N–H and O–H groups in total. The Balaban J connectivity index is 2.95. The van der Waals surface area contributed by atoms with E-state index in [0.717, 1.165) is 16.4 Å². The highest BCUT2D eigenvalue weighted by Gasteiger charge is 2.24. The van der Waals surface area contributed by atoms with Crippen LogP contribution in [-0.4, -0.2) is 37.5 Å². The van der Waals surface area contributed by atoms with Gasteiger partial charge in [0.2, 0.25) is 10.0 Å². The van der Waals surface area contributed by atoms with Crippen LogP contribution >= 0.6 is 0 Å². The topological polar surface area (TPSA) is 57.6 Å². The summed E-state index contributed by atoms with van der Waals surface area (Å²) in [6, 6.07) is 2.14. The second kappa shape index (κ2) is 5.73. The zero-order valence-electron chi connectivity index (χ0n) is 10.1. The number of aliphatic hydroxyl groups excluding tert-OH is 1. The highest BCUT2D eigenvalue weighted by molar-refractivity contribution is 7.88. The van der Waals surface area contributed by atoms with Crippen molar-refractivity contribution < 1.29 is 22.3 Å². The lowest BCUT2D eigenvalue weighted by Gasteiger charge is -2.22. The number of nitrogens with zero attached hydrogens (tertiary/aromatic N) is 1. The van der Waals surface area contributed by atoms with Crippen LogP contribution in [-0.2, 0) is 15.8 Å². The molecular formula is C11H15F2NO3S. The molecule has 0 saturated carbocycles. The highest BCUT2D eigenvalue weighted by Crippen LogP contribution is 2.16. The Morgan fingerprint density at radius 3 is 2.50 bits per heavy atom. The van der Waals surface area contributed by atoms with Crippen LogP contribution in [0.25, 0.3) is 0 Å². The zero-order chi connectivity index (χ0) is 13.9. The van der Waals surface area contributed by atoms with E-state index in [0.29, 0.717) is 6.07 Å². The predicted molar refractivity (Wildman–Crippen MR) is 63.3 cm³/mol. The van der Waals surface area contributed by atoms with Crippen molar-refractivity contribution in [2.45, 2.75) is 18.7 Å². The maximum Gasteiger partial charge on any atom is 0.218 e. The summed E-state index contributed by atoms with van der Waals surface area (Å²) >= 11 is 0. The number of benzene rings is 1. The summed E-state index contributed by atoms with van der Waals surface area (Å²) in [5.74, 6) is -2.23. The molecule has 1 aromatic carbocycles. The zero-order valence-corrected chi connectivity index (χ0v) is 10.9. The smallest absolute Gasteiger partial charge is 0.218 e. The van der Waals surface area contributed by atoms with Gasteiger partial charge < -0.3 is 5.11 Å². The fraction of sp³-hybridized carbons (Fsp3) is 0.455. The largest absolute Gasteiger partial charge is 0.395 e. The summed E-state index contributed by atoms with van der Waals surface area (Å²) in [5, 5.41) is 8.90. The van der Waals surface area contributed by atoms with Gasteiger partial charge in [-0.2, -0.15) is 4.31 Å². The molecule has 0 heterocycles. The van der Waals surface area contributed by atoms with Crippen molar-refractivity contribution in [3.63, 3.8) is 0 Å². The average molecular weight is 279 g/mol. The van der Waals surface area contributed by atoms with Crippen LogP contribution in [0.4, 0.5) is 8.78 Å². The Labute approximate surface area is 105 Å². The van der Waals surface area contributed by atoms with Gasteiger partial charge in [-0.05, 0) is 13.0 Å². The van der Waals surface area contributed by atoms with E-state index in [4.69, 9.17) is 5.11 Å². The first-order valence-electron chi connectivity index (χ1n) is 5.28. The summed E-state index contributed by atoms with van der Waals surface area (Å²) in [7, 11) is -2.45. The lowest BCUT2D eigenvalue weighted by atomic mass is 10.2. The maximum atomic E-state index is 13.4. The molecule has 18 heavy (non-hydrogen) atoms. The van der Waals surface area contributed by atoms with Gasteiger partial charge in [-0.1, -0.05) is 6.07 Å². The Morgan fingerprint density at radius 1 is 1.39 bits per heavy atom. The van der Waals surface area contributed by atoms with Crippen molar-refractivity contribution in [2.75, 3.05) is 13.7 Å². The van der Waals surface area contributed by atoms with Gasteiger partial charge in [0, 0.05) is 24.7 Å². The molecule has 1 aromatic rings. The Morgan fingerprint density at radius 2 is 2.00 bits per heavy atom. The molecule has 0 fully saturated rings. The van der Waals surface area contributed by atoms with E-state index < -0.39 is 33.5 Å². The van der Waals surface area contributed by atoms with Crippen molar-refractivity contribution in [1.29, 1.82) is 0 Å². The van der Waals surface area contributed by atoms with Crippen LogP contribution in [0.2, 0.25) is 0 Å². The van der Waals surface area contributed by atoms with Crippen LogP contribution in [0.1, 0.15) is 12.5 Å². The van der Waals surface area contributed by atoms with E-state index in [-0.39, 0.29) is 12.2 Å². The second-order valence-corrected chi connectivity index (χ2v) is 6.07. The van der Waals surface area contributed by atoms with Crippen molar-refractivity contribution in [2.24, 2.45) is 0 Å². The predicted octanol–water partition coefficient (Wildman–Crippen LogP) is 1.11. The number of sulfonamides is 1. The molecule has 0 saturated heterocycles. The Kier molecular flexibility index (Phi) is 4.78. The van der Waals surface area contributed by atoms with Gasteiger partial charge in [-0.15, -0.1) is 0 Å². The molecule has 0 aliphatic heterocycles. The minimum atomic E-state index is -3.75. The number of halogens is 2. The van der Waals surface area contributed by atoms with E-state index in [2.05, 4.69) is 0 Å². The van der Waals surface area contributed by atoms with Crippen LogP contribution < -0.4 is 0 Å². The molecular weight excluding hydrogens is 264 g/mol. The molecule has 1 rings (SSSR count). The van der Waals surface area contributed by atoms with Crippen molar-refractivity contribution in [1.82, 2.24) is 4.31 Å². The summed E-state index contributed by atoms with van der Waals surface area (Å²) in [4.78, 5) is 0. The molecule has 0 aliphatic rings. The first kappa shape index (κ1) is 15.0. The van der Waals surface area contributed by atoms with E-state index in [1.54, 1.807) is 0 Å². The summed E-state index contributed by atoms with van der Waals surface area (Å²) in [6.45, 7) is 1.19. The molecule has 0 radical (unpaired) electrons. The third kappa shape index (κ3) is 3.47. The van der Waals surface area contributed by atoms with Gasteiger partial charge in [0.25, 0.3) is 0 Å². The Hall–Kier alpha value is -1.05. The van der Waals surface area contributed by atoms with Crippen molar-refractivity contribution in [3.8, 4) is 0 Å². The molecule has 102 valence electrons. The Bertz CT molecular complexity index is 519. The summed E-state index contributed by atoms with van der Waals surface area (Å²) in [6.07, 6.45) is 0. The number of hydrogen-bond acceptors (Lipinski definition) is 3. The molecule has 1 atom stereocenters. The number of hydrogen-bond donors (Lipinski definition) is 1. The molecule has 0 amide bonds. The van der Waals surface area contributed by atoms with E-state index in [1.807, 2.05) is 0 Å².